The van der Waals surface area contributed by atoms with E-state index in [1.165, 1.54) is 6.07 Å². The minimum absolute atomic E-state index is 0.124. The van der Waals surface area contributed by atoms with Gasteiger partial charge in [0.2, 0.25) is 0 Å². The largest absolute Gasteiger partial charge is 0.310 e. The van der Waals surface area contributed by atoms with Crippen molar-refractivity contribution >= 4 is 0 Å². The van der Waals surface area contributed by atoms with Crippen LogP contribution < -0.4 is 10.9 Å². The third-order valence-corrected chi connectivity index (χ3v) is 2.61. The van der Waals surface area contributed by atoms with Crippen molar-refractivity contribution in [1.29, 1.82) is 0 Å². The van der Waals surface area contributed by atoms with Gasteiger partial charge in [0.15, 0.2) is 0 Å². The van der Waals surface area contributed by atoms with E-state index in [0.717, 1.165) is 11.4 Å². The highest BCUT2D eigenvalue weighted by Crippen LogP contribution is 2.01. The Morgan fingerprint density at radius 1 is 1.32 bits per heavy atom. The zero-order chi connectivity index (χ0) is 13.7. The molecule has 0 aromatic carbocycles. The number of nitrogens with one attached hydrogen (secondary N) is 2. The third kappa shape index (κ3) is 4.30. The van der Waals surface area contributed by atoms with E-state index < -0.39 is 0 Å². The Hall–Kier alpha value is -2.01. The van der Waals surface area contributed by atoms with Crippen LogP contribution >= 0.6 is 0 Å². The lowest BCUT2D eigenvalue weighted by Gasteiger charge is -2.08. The molecule has 5 heteroatoms. The van der Waals surface area contributed by atoms with Gasteiger partial charge < -0.3 is 10.3 Å². The van der Waals surface area contributed by atoms with Crippen molar-refractivity contribution in [2.24, 2.45) is 0 Å². The molecule has 100 valence electrons. The Morgan fingerprint density at radius 2 is 2.16 bits per heavy atom. The van der Waals surface area contributed by atoms with Crippen molar-refractivity contribution in [3.05, 3.63) is 58.0 Å². The predicted molar refractivity (Wildman–Crippen MR) is 73.9 cm³/mol. The van der Waals surface area contributed by atoms with Crippen LogP contribution in [0.3, 0.4) is 0 Å². The molecule has 2 heterocycles. The summed E-state index contributed by atoms with van der Waals surface area (Å²) in [5.41, 5.74) is 1.52. The average molecular weight is 258 g/mol. The lowest BCUT2D eigenvalue weighted by atomic mass is 10.2. The maximum atomic E-state index is 11.6. The van der Waals surface area contributed by atoms with E-state index in [9.17, 15) is 4.79 Å². The maximum absolute atomic E-state index is 11.6. The standard InChI is InChI=1S/C14H18N4O/c1-10(2)16-9-12-8-14(19)18-13(17-12)7-11-5-3-4-6-15-11/h3-6,8,10,16H,7,9H2,1-2H3,(H,17,18,19). The van der Waals surface area contributed by atoms with E-state index in [2.05, 4.69) is 34.1 Å². The number of pyridine rings is 1. The first-order valence-electron chi connectivity index (χ1n) is 6.36. The number of hydrogen-bond donors (Lipinski definition) is 2. The molecule has 0 aliphatic heterocycles. The molecule has 2 aromatic rings. The zero-order valence-electron chi connectivity index (χ0n) is 11.2. The normalized spacial score (nSPS) is 10.9. The van der Waals surface area contributed by atoms with Crippen LogP contribution in [0.1, 0.15) is 31.1 Å². The van der Waals surface area contributed by atoms with Gasteiger partial charge in [-0.05, 0) is 12.1 Å². The summed E-state index contributed by atoms with van der Waals surface area (Å²) in [6.45, 7) is 4.71. The van der Waals surface area contributed by atoms with Crippen LogP contribution in [0.2, 0.25) is 0 Å². The Bertz CT molecular complexity index is 577. The quantitative estimate of drug-likeness (QED) is 0.847. The second-order valence-electron chi connectivity index (χ2n) is 4.72. The molecular formula is C14H18N4O. The van der Waals surface area contributed by atoms with Crippen LogP contribution in [-0.4, -0.2) is 21.0 Å². The van der Waals surface area contributed by atoms with Crippen LogP contribution in [0.5, 0.6) is 0 Å². The van der Waals surface area contributed by atoms with Gasteiger partial charge in [-0.2, -0.15) is 0 Å². The van der Waals surface area contributed by atoms with E-state index in [-0.39, 0.29) is 5.56 Å². The summed E-state index contributed by atoms with van der Waals surface area (Å²) in [4.78, 5) is 23.0. The van der Waals surface area contributed by atoms with Gasteiger partial charge in [-0.3, -0.25) is 9.78 Å². The zero-order valence-corrected chi connectivity index (χ0v) is 11.2. The number of aromatic nitrogens is 3. The molecule has 19 heavy (non-hydrogen) atoms. The van der Waals surface area contributed by atoms with Crippen LogP contribution in [0.15, 0.2) is 35.3 Å². The lowest BCUT2D eigenvalue weighted by molar-refractivity contribution is 0.578. The van der Waals surface area contributed by atoms with Gasteiger partial charge in [0.1, 0.15) is 5.82 Å². The first-order valence-corrected chi connectivity index (χ1v) is 6.36. The van der Waals surface area contributed by atoms with Gasteiger partial charge in [0.25, 0.3) is 5.56 Å². The molecule has 0 fully saturated rings. The minimum atomic E-state index is -0.124. The molecule has 0 spiro atoms. The smallest absolute Gasteiger partial charge is 0.251 e. The van der Waals surface area contributed by atoms with Gasteiger partial charge in [0.05, 0.1) is 5.69 Å². The number of rotatable bonds is 5. The average Bonchev–Trinajstić information content (AvgIpc) is 2.37. The van der Waals surface area contributed by atoms with Crippen LogP contribution in [-0.2, 0) is 13.0 Å². The molecular weight excluding hydrogens is 240 g/mol. The molecule has 5 nitrogen and oxygen atoms in total. The maximum Gasteiger partial charge on any atom is 0.251 e. The molecule has 2 aromatic heterocycles. The minimum Gasteiger partial charge on any atom is -0.310 e. The van der Waals surface area contributed by atoms with E-state index in [1.807, 2.05) is 18.2 Å². The topological polar surface area (TPSA) is 70.7 Å². The lowest BCUT2D eigenvalue weighted by Crippen LogP contribution is -2.24. The summed E-state index contributed by atoms with van der Waals surface area (Å²) in [6, 6.07) is 7.59. The number of aromatic amines is 1. The van der Waals surface area contributed by atoms with Crippen LogP contribution in [0.25, 0.3) is 0 Å². The van der Waals surface area contributed by atoms with Crippen molar-refractivity contribution in [1.82, 2.24) is 20.3 Å². The number of nitrogens with zero attached hydrogens (tertiary/aromatic N) is 2. The highest BCUT2D eigenvalue weighted by atomic mass is 16.1. The molecule has 2 rings (SSSR count). The highest BCUT2D eigenvalue weighted by molar-refractivity contribution is 5.11. The summed E-state index contributed by atoms with van der Waals surface area (Å²) < 4.78 is 0. The van der Waals surface area contributed by atoms with Crippen LogP contribution in [0, 0.1) is 0 Å². The van der Waals surface area contributed by atoms with Crippen molar-refractivity contribution in [3.8, 4) is 0 Å². The Labute approximate surface area is 112 Å². The van der Waals surface area contributed by atoms with Crippen molar-refractivity contribution in [2.45, 2.75) is 32.9 Å². The van der Waals surface area contributed by atoms with E-state index >= 15 is 0 Å². The summed E-state index contributed by atoms with van der Waals surface area (Å²) >= 11 is 0. The van der Waals surface area contributed by atoms with Gasteiger partial charge in [0, 0.05) is 37.0 Å². The molecule has 0 saturated carbocycles. The second kappa shape index (κ2) is 6.24. The number of H-pyrrole nitrogens is 1. The fourth-order valence-corrected chi connectivity index (χ4v) is 1.72. The van der Waals surface area contributed by atoms with E-state index in [4.69, 9.17) is 0 Å². The first kappa shape index (κ1) is 13.4. The Balaban J connectivity index is 2.15. The molecule has 0 bridgehead atoms. The summed E-state index contributed by atoms with van der Waals surface area (Å²) in [6.07, 6.45) is 2.27. The van der Waals surface area contributed by atoms with Crippen molar-refractivity contribution in [3.63, 3.8) is 0 Å². The monoisotopic (exact) mass is 258 g/mol. The van der Waals surface area contributed by atoms with Crippen molar-refractivity contribution in [2.75, 3.05) is 0 Å². The van der Waals surface area contributed by atoms with E-state index in [1.54, 1.807) is 6.20 Å². The third-order valence-electron chi connectivity index (χ3n) is 2.61. The molecule has 0 amide bonds. The van der Waals surface area contributed by atoms with Crippen LogP contribution in [0.4, 0.5) is 0 Å². The SMILES string of the molecule is CC(C)NCc1cc(=O)[nH]c(Cc2ccccn2)n1. The predicted octanol–water partition coefficient (Wildman–Crippen LogP) is 1.25. The molecule has 0 unspecified atom stereocenters. The molecule has 0 saturated heterocycles. The van der Waals surface area contributed by atoms with Gasteiger partial charge in [-0.25, -0.2) is 4.98 Å². The Kier molecular flexibility index (Phi) is 4.41. The van der Waals surface area contributed by atoms with Gasteiger partial charge >= 0.3 is 0 Å². The fraction of sp³-hybridized carbons (Fsp3) is 0.357. The molecule has 0 aliphatic rings. The number of hydrogen-bond acceptors (Lipinski definition) is 4. The van der Waals surface area contributed by atoms with Gasteiger partial charge in [-0.15, -0.1) is 0 Å². The fourth-order valence-electron chi connectivity index (χ4n) is 1.72. The summed E-state index contributed by atoms with van der Waals surface area (Å²) in [7, 11) is 0. The summed E-state index contributed by atoms with van der Waals surface area (Å²) in [5, 5.41) is 3.25. The van der Waals surface area contributed by atoms with Gasteiger partial charge in [-0.1, -0.05) is 19.9 Å². The molecule has 0 aliphatic carbocycles. The molecule has 0 radical (unpaired) electrons. The Morgan fingerprint density at radius 3 is 2.84 bits per heavy atom. The van der Waals surface area contributed by atoms with E-state index in [0.29, 0.717) is 24.8 Å². The summed E-state index contributed by atoms with van der Waals surface area (Å²) in [5.74, 6) is 0.645. The first-order chi connectivity index (χ1) is 9.13. The second-order valence-corrected chi connectivity index (χ2v) is 4.72. The van der Waals surface area contributed by atoms with Crippen molar-refractivity contribution < 1.29 is 0 Å². The molecule has 2 N–H and O–H groups in total. The molecule has 0 atom stereocenters. The highest BCUT2D eigenvalue weighted by Gasteiger charge is 2.04.